The lowest BCUT2D eigenvalue weighted by molar-refractivity contribution is 0.0910. The molecule has 0 amide bonds. The van der Waals surface area contributed by atoms with Gasteiger partial charge in [0.15, 0.2) is 0 Å². The van der Waals surface area contributed by atoms with Gasteiger partial charge in [-0.25, -0.2) is 12.8 Å². The van der Waals surface area contributed by atoms with Gasteiger partial charge in [0.25, 0.3) is 0 Å². The number of nitrogens with one attached hydrogen (secondary N) is 1. The smallest absolute Gasteiger partial charge is 0.244 e. The summed E-state index contributed by atoms with van der Waals surface area (Å²) >= 11 is 1.35. The van der Waals surface area contributed by atoms with Crippen molar-refractivity contribution in [2.45, 2.75) is 68.5 Å². The van der Waals surface area contributed by atoms with Gasteiger partial charge in [-0.3, -0.25) is 0 Å². The molecule has 126 valence electrons. The number of rotatable bonds is 4. The van der Waals surface area contributed by atoms with Gasteiger partial charge in [0.2, 0.25) is 10.0 Å². The van der Waals surface area contributed by atoms with Crippen LogP contribution in [0.3, 0.4) is 0 Å². The predicted molar refractivity (Wildman–Crippen MR) is 94.7 cm³/mol. The highest BCUT2D eigenvalue weighted by Gasteiger charge is 2.40. The topological polar surface area (TPSA) is 55.4 Å². The van der Waals surface area contributed by atoms with Crippen molar-refractivity contribution in [3.05, 3.63) is 16.5 Å². The van der Waals surface area contributed by atoms with E-state index in [1.54, 1.807) is 7.11 Å². The highest BCUT2D eigenvalue weighted by molar-refractivity contribution is 7.93. The van der Waals surface area contributed by atoms with E-state index < -0.39 is 18.3 Å². The second kappa shape index (κ2) is 6.01. The number of hydrogen-bond acceptors (Lipinski definition) is 4. The Morgan fingerprint density at radius 3 is 2.55 bits per heavy atom. The fraction of sp³-hybridized carbons (Fsp3) is 0.733. The minimum absolute atomic E-state index is 0.0292. The number of thiophene rings is 1. The SMILES string of the molecule is COC1CCc2c(csc2S(=O)(=O)N[Si](C)(C)C(C)(C)C)C1. The Bertz CT molecular complexity index is 644. The normalized spacial score (nSPS) is 20.0. The molecule has 1 unspecified atom stereocenters. The van der Waals surface area contributed by atoms with Crippen LogP contribution in [0.2, 0.25) is 18.1 Å². The van der Waals surface area contributed by atoms with Crippen LogP contribution in [0, 0.1) is 0 Å². The third-order valence-electron chi connectivity index (χ3n) is 4.95. The Labute approximate surface area is 139 Å². The molecule has 0 saturated carbocycles. The van der Waals surface area contributed by atoms with E-state index in [1.807, 2.05) is 5.38 Å². The highest BCUT2D eigenvalue weighted by Crippen LogP contribution is 2.38. The molecule has 22 heavy (non-hydrogen) atoms. The van der Waals surface area contributed by atoms with Gasteiger partial charge in [0, 0.05) is 7.11 Å². The van der Waals surface area contributed by atoms with Gasteiger partial charge < -0.3 is 4.74 Å². The third-order valence-corrected chi connectivity index (χ3v) is 14.4. The molecule has 1 atom stereocenters. The van der Waals surface area contributed by atoms with Crippen molar-refractivity contribution in [3.63, 3.8) is 0 Å². The molecule has 1 N–H and O–H groups in total. The Kier molecular flexibility index (Phi) is 4.96. The molecule has 0 saturated heterocycles. The Morgan fingerprint density at radius 2 is 2.00 bits per heavy atom. The van der Waals surface area contributed by atoms with Crippen molar-refractivity contribution in [1.29, 1.82) is 0 Å². The minimum atomic E-state index is -3.43. The summed E-state index contributed by atoms with van der Waals surface area (Å²) in [7, 11) is -3.83. The molecule has 0 aliphatic heterocycles. The number of sulfonamides is 1. The second-order valence-corrected chi connectivity index (χ2v) is 15.7. The van der Waals surface area contributed by atoms with E-state index in [0.717, 1.165) is 30.4 Å². The third kappa shape index (κ3) is 3.48. The van der Waals surface area contributed by atoms with Crippen LogP contribution in [-0.4, -0.2) is 29.9 Å². The van der Waals surface area contributed by atoms with Crippen LogP contribution in [0.1, 0.15) is 38.3 Å². The summed E-state index contributed by atoms with van der Waals surface area (Å²) in [5.41, 5.74) is 2.14. The van der Waals surface area contributed by atoms with Crippen LogP contribution in [0.25, 0.3) is 0 Å². The first kappa shape index (κ1) is 18.1. The average Bonchev–Trinajstić information content (AvgIpc) is 2.79. The first-order valence-electron chi connectivity index (χ1n) is 7.64. The Hall–Kier alpha value is -0.213. The van der Waals surface area contributed by atoms with Crippen LogP contribution >= 0.6 is 11.3 Å². The summed E-state index contributed by atoms with van der Waals surface area (Å²) < 4.78 is 34.7. The zero-order valence-corrected chi connectivity index (χ0v) is 17.0. The molecule has 1 aromatic rings. The van der Waals surface area contributed by atoms with Crippen LogP contribution in [0.4, 0.5) is 0 Å². The van der Waals surface area contributed by atoms with Gasteiger partial charge >= 0.3 is 0 Å². The summed E-state index contributed by atoms with van der Waals surface area (Å²) in [6, 6.07) is 0. The van der Waals surface area contributed by atoms with Crippen LogP contribution in [-0.2, 0) is 27.6 Å². The minimum Gasteiger partial charge on any atom is -0.381 e. The summed E-state index contributed by atoms with van der Waals surface area (Å²) in [6.07, 6.45) is 2.71. The molecule has 1 aromatic heterocycles. The number of methoxy groups -OCH3 is 1. The molecule has 4 nitrogen and oxygen atoms in total. The maximum absolute atomic E-state index is 12.9. The highest BCUT2D eigenvalue weighted by atomic mass is 32.2. The quantitative estimate of drug-likeness (QED) is 0.835. The Balaban J connectivity index is 2.31. The molecule has 0 radical (unpaired) electrons. The molecule has 7 heteroatoms. The van der Waals surface area contributed by atoms with Gasteiger partial charge in [-0.15, -0.1) is 11.3 Å². The molecule has 1 aliphatic carbocycles. The van der Waals surface area contributed by atoms with Crippen molar-refractivity contribution in [2.24, 2.45) is 0 Å². The molecular weight excluding hydrogens is 334 g/mol. The molecule has 1 heterocycles. The molecule has 1 aliphatic rings. The first-order chi connectivity index (χ1) is 9.98. The van der Waals surface area contributed by atoms with Gasteiger partial charge in [-0.2, -0.15) is 0 Å². The van der Waals surface area contributed by atoms with Crippen molar-refractivity contribution in [3.8, 4) is 0 Å². The molecule has 2 rings (SSSR count). The lowest BCUT2D eigenvalue weighted by Gasteiger charge is -2.36. The van der Waals surface area contributed by atoms with Gasteiger partial charge in [-0.1, -0.05) is 33.9 Å². The van der Waals surface area contributed by atoms with Crippen LogP contribution < -0.4 is 4.39 Å². The van der Waals surface area contributed by atoms with Gasteiger partial charge in [0.1, 0.15) is 12.4 Å². The lowest BCUT2D eigenvalue weighted by Crippen LogP contribution is -2.54. The molecule has 0 bridgehead atoms. The standard InChI is InChI=1S/C15H27NO3S2Si/c1-15(2,3)22(5,6)16-21(17,18)14-13-8-7-12(19-4)9-11(13)10-20-14/h10,12,16H,7-9H2,1-6H3. The first-order valence-corrected chi connectivity index (χ1v) is 13.0. The molecule has 0 aromatic carbocycles. The number of ether oxygens (including phenoxy) is 1. The fourth-order valence-corrected chi connectivity index (χ4v) is 9.18. The van der Waals surface area contributed by atoms with E-state index in [9.17, 15) is 8.42 Å². The van der Waals surface area contributed by atoms with Crippen molar-refractivity contribution in [1.82, 2.24) is 4.39 Å². The average molecular weight is 362 g/mol. The van der Waals surface area contributed by atoms with E-state index in [2.05, 4.69) is 38.3 Å². The van der Waals surface area contributed by atoms with E-state index in [4.69, 9.17) is 4.74 Å². The molecular formula is C15H27NO3S2Si. The fourth-order valence-electron chi connectivity index (χ4n) is 2.45. The number of hydrogen-bond donors (Lipinski definition) is 1. The van der Waals surface area contributed by atoms with Crippen molar-refractivity contribution < 1.29 is 13.2 Å². The summed E-state index contributed by atoms with van der Waals surface area (Å²) in [6.45, 7) is 10.5. The van der Waals surface area contributed by atoms with Crippen LogP contribution in [0.5, 0.6) is 0 Å². The number of fused-ring (bicyclic) bond motifs is 1. The molecule has 0 spiro atoms. The Morgan fingerprint density at radius 1 is 1.36 bits per heavy atom. The van der Waals surface area contributed by atoms with Gasteiger partial charge in [-0.05, 0) is 40.8 Å². The van der Waals surface area contributed by atoms with E-state index in [1.165, 1.54) is 11.3 Å². The van der Waals surface area contributed by atoms with E-state index in [0.29, 0.717) is 4.21 Å². The summed E-state index contributed by atoms with van der Waals surface area (Å²) in [5, 5.41) is 1.96. The maximum atomic E-state index is 12.9. The maximum Gasteiger partial charge on any atom is 0.244 e. The largest absolute Gasteiger partial charge is 0.381 e. The zero-order valence-electron chi connectivity index (χ0n) is 14.3. The monoisotopic (exact) mass is 361 g/mol. The van der Waals surface area contributed by atoms with Gasteiger partial charge in [0.05, 0.1) is 6.10 Å². The lowest BCUT2D eigenvalue weighted by atomic mass is 9.93. The van der Waals surface area contributed by atoms with Crippen molar-refractivity contribution in [2.75, 3.05) is 7.11 Å². The molecule has 0 fully saturated rings. The zero-order chi connectivity index (χ0) is 16.8. The summed E-state index contributed by atoms with van der Waals surface area (Å²) in [5.74, 6) is 0. The second-order valence-electron chi connectivity index (χ2n) is 7.61. The summed E-state index contributed by atoms with van der Waals surface area (Å²) in [4.78, 5) is 0. The van der Waals surface area contributed by atoms with Crippen molar-refractivity contribution >= 4 is 29.6 Å². The van der Waals surface area contributed by atoms with Crippen LogP contribution in [0.15, 0.2) is 9.59 Å². The van der Waals surface area contributed by atoms with E-state index >= 15 is 0 Å². The van der Waals surface area contributed by atoms with E-state index in [-0.39, 0.29) is 11.1 Å². The predicted octanol–water partition coefficient (Wildman–Crippen LogP) is 3.54.